The second-order valence-electron chi connectivity index (χ2n) is 8.96. The van der Waals surface area contributed by atoms with Gasteiger partial charge in [-0.25, -0.2) is 4.98 Å². The highest BCUT2D eigenvalue weighted by molar-refractivity contribution is 5.74. The van der Waals surface area contributed by atoms with Gasteiger partial charge in [-0.1, -0.05) is 24.3 Å². The summed E-state index contributed by atoms with van der Waals surface area (Å²) in [6.45, 7) is 2.78. The fourth-order valence-electron chi connectivity index (χ4n) is 5.05. The molecule has 1 amide bonds. The Morgan fingerprint density at radius 2 is 1.83 bits per heavy atom. The summed E-state index contributed by atoms with van der Waals surface area (Å²) in [6.07, 6.45) is 0.346. The molecule has 2 saturated carbocycles. The first kappa shape index (κ1) is 19.4. The van der Waals surface area contributed by atoms with E-state index in [0.29, 0.717) is 30.6 Å². The first-order valence-corrected chi connectivity index (χ1v) is 10.4. The average Bonchev–Trinajstić information content (AvgIpc) is 3.60. The van der Waals surface area contributed by atoms with Gasteiger partial charge in [0.15, 0.2) is 0 Å². The quantitative estimate of drug-likeness (QED) is 0.801. The van der Waals surface area contributed by atoms with Crippen molar-refractivity contribution >= 4 is 11.6 Å². The molecule has 2 aromatic rings. The zero-order valence-corrected chi connectivity index (χ0v) is 16.7. The summed E-state index contributed by atoms with van der Waals surface area (Å²) in [4.78, 5) is 17.5. The summed E-state index contributed by atoms with van der Waals surface area (Å²) >= 11 is 0. The van der Waals surface area contributed by atoms with Crippen molar-refractivity contribution in [2.24, 2.45) is 5.41 Å². The third kappa shape index (κ3) is 3.44. The predicted molar refractivity (Wildman–Crippen MR) is 107 cm³/mol. The Kier molecular flexibility index (Phi) is 4.35. The maximum atomic E-state index is 12.8. The van der Waals surface area contributed by atoms with E-state index in [2.05, 4.69) is 34.6 Å². The van der Waals surface area contributed by atoms with Gasteiger partial charge in [0.05, 0.1) is 17.9 Å². The van der Waals surface area contributed by atoms with Crippen molar-refractivity contribution in [3.8, 4) is 0 Å². The minimum absolute atomic E-state index is 0.0367. The molecule has 0 bridgehead atoms. The Morgan fingerprint density at radius 3 is 2.40 bits per heavy atom. The van der Waals surface area contributed by atoms with E-state index in [4.69, 9.17) is 0 Å². The van der Waals surface area contributed by atoms with Crippen LogP contribution in [-0.2, 0) is 11.0 Å². The second-order valence-corrected chi connectivity index (χ2v) is 8.96. The maximum absolute atomic E-state index is 12.8. The number of amides is 1. The summed E-state index contributed by atoms with van der Waals surface area (Å²) in [5.74, 6) is 0.977. The number of hydrogen-bond donors (Lipinski definition) is 1. The smallest absolute Gasteiger partial charge is 0.368 e. The summed E-state index contributed by atoms with van der Waals surface area (Å²) in [6, 6.07) is 11.3. The number of alkyl halides is 3. The van der Waals surface area contributed by atoms with Gasteiger partial charge in [-0.15, -0.1) is 0 Å². The largest absolute Gasteiger partial charge is 0.433 e. The van der Waals surface area contributed by atoms with Crippen LogP contribution in [0.15, 0.2) is 42.6 Å². The zero-order chi connectivity index (χ0) is 21.1. The molecule has 2 heterocycles. The molecule has 3 atom stereocenters. The molecule has 1 saturated heterocycles. The first-order chi connectivity index (χ1) is 14.3. The third-order valence-electron chi connectivity index (χ3n) is 6.87. The Hall–Kier alpha value is -2.57. The van der Waals surface area contributed by atoms with Crippen molar-refractivity contribution in [2.45, 2.75) is 50.2 Å². The Bertz CT molecular complexity index is 953. The maximum Gasteiger partial charge on any atom is 0.433 e. The fourth-order valence-corrected chi connectivity index (χ4v) is 5.05. The van der Waals surface area contributed by atoms with Crippen LogP contribution in [0, 0.1) is 5.41 Å². The van der Waals surface area contributed by atoms with Crippen LogP contribution in [0.1, 0.15) is 54.8 Å². The molecule has 2 aliphatic carbocycles. The molecule has 7 heteroatoms. The molecule has 3 aliphatic rings. The van der Waals surface area contributed by atoms with Gasteiger partial charge in [0.25, 0.3) is 0 Å². The second kappa shape index (κ2) is 6.72. The fraction of sp³-hybridized carbons (Fsp3) is 0.478. The van der Waals surface area contributed by atoms with Crippen LogP contribution in [0.2, 0.25) is 0 Å². The van der Waals surface area contributed by atoms with Crippen molar-refractivity contribution < 1.29 is 18.0 Å². The standard InChI is InChI=1S/C23H24F3N3O/c1-14(30)28-21-12-29(18-8-9-20(27-11-18)23(24,25)26)13-22(21)10-19(22)17-6-4-16(5-7-17)15-2-3-15/h4-9,11,15,19,21H,2-3,10,12-13H2,1H3,(H,28,30)/t19-,21+,22+/m1/s1. The number of benzene rings is 1. The highest BCUT2D eigenvalue weighted by Gasteiger charge is 2.63. The van der Waals surface area contributed by atoms with Crippen LogP contribution in [0.5, 0.6) is 0 Å². The highest BCUT2D eigenvalue weighted by atomic mass is 19.4. The highest BCUT2D eigenvalue weighted by Crippen LogP contribution is 2.64. The van der Waals surface area contributed by atoms with Gasteiger partial charge in [0.1, 0.15) is 5.69 Å². The van der Waals surface area contributed by atoms with Gasteiger partial charge in [-0.05, 0) is 54.4 Å². The minimum Gasteiger partial charge on any atom is -0.368 e. The number of carbonyl (C=O) groups excluding carboxylic acids is 1. The lowest BCUT2D eigenvalue weighted by Gasteiger charge is -2.19. The van der Waals surface area contributed by atoms with E-state index < -0.39 is 11.9 Å². The van der Waals surface area contributed by atoms with Gasteiger partial charge in [0.2, 0.25) is 5.91 Å². The van der Waals surface area contributed by atoms with Crippen LogP contribution in [0.4, 0.5) is 18.9 Å². The Balaban J connectivity index is 1.37. The lowest BCUT2D eigenvalue weighted by atomic mass is 9.93. The first-order valence-electron chi connectivity index (χ1n) is 10.4. The molecule has 1 aliphatic heterocycles. The van der Waals surface area contributed by atoms with Gasteiger partial charge < -0.3 is 10.2 Å². The van der Waals surface area contributed by atoms with E-state index in [0.717, 1.165) is 12.5 Å². The molecule has 0 unspecified atom stereocenters. The number of nitrogens with one attached hydrogen (secondary N) is 1. The number of rotatable bonds is 4. The monoisotopic (exact) mass is 415 g/mol. The van der Waals surface area contributed by atoms with Gasteiger partial charge >= 0.3 is 6.18 Å². The molecule has 1 aromatic heterocycles. The van der Waals surface area contributed by atoms with E-state index >= 15 is 0 Å². The van der Waals surface area contributed by atoms with Crippen molar-refractivity contribution in [3.05, 3.63) is 59.4 Å². The zero-order valence-electron chi connectivity index (χ0n) is 16.7. The normalized spacial score (nSPS) is 28.1. The van der Waals surface area contributed by atoms with Crippen molar-refractivity contribution in [2.75, 3.05) is 18.0 Å². The van der Waals surface area contributed by atoms with Crippen molar-refractivity contribution in [3.63, 3.8) is 0 Å². The third-order valence-corrected chi connectivity index (χ3v) is 6.87. The van der Waals surface area contributed by atoms with Crippen molar-refractivity contribution in [1.29, 1.82) is 0 Å². The van der Waals surface area contributed by atoms with Gasteiger partial charge in [-0.2, -0.15) is 13.2 Å². The Labute approximate surface area is 173 Å². The molecular formula is C23H24F3N3O. The van der Waals surface area contributed by atoms with E-state index in [9.17, 15) is 18.0 Å². The van der Waals surface area contributed by atoms with E-state index in [-0.39, 0.29) is 17.4 Å². The molecule has 1 N–H and O–H groups in total. The summed E-state index contributed by atoms with van der Waals surface area (Å²) in [7, 11) is 0. The number of halogens is 3. The van der Waals surface area contributed by atoms with Gasteiger partial charge in [0, 0.05) is 25.4 Å². The molecule has 0 radical (unpaired) electrons. The van der Waals surface area contributed by atoms with E-state index in [1.807, 2.05) is 4.90 Å². The average molecular weight is 415 g/mol. The minimum atomic E-state index is -4.45. The molecule has 4 nitrogen and oxygen atoms in total. The van der Waals surface area contributed by atoms with Crippen LogP contribution in [-0.4, -0.2) is 30.0 Å². The SMILES string of the molecule is CC(=O)N[C@H]1CN(c2ccc(C(F)(F)F)nc2)C[C@]12C[C@@H]2c1ccc(C2CC2)cc1. The van der Waals surface area contributed by atoms with Crippen LogP contribution in [0.3, 0.4) is 0 Å². The lowest BCUT2D eigenvalue weighted by molar-refractivity contribution is -0.141. The van der Waals surface area contributed by atoms with Crippen molar-refractivity contribution in [1.82, 2.24) is 10.3 Å². The molecular weight excluding hydrogens is 391 g/mol. The van der Waals surface area contributed by atoms with E-state index in [1.165, 1.54) is 43.2 Å². The predicted octanol–water partition coefficient (Wildman–Crippen LogP) is 4.48. The molecule has 1 aromatic carbocycles. The number of carbonyl (C=O) groups is 1. The lowest BCUT2D eigenvalue weighted by Crippen LogP contribution is -2.40. The summed E-state index contributed by atoms with van der Waals surface area (Å²) in [5.41, 5.74) is 2.36. The summed E-state index contributed by atoms with van der Waals surface area (Å²) in [5, 5.41) is 3.09. The number of anilines is 1. The number of nitrogens with zero attached hydrogens (tertiary/aromatic N) is 2. The molecule has 30 heavy (non-hydrogen) atoms. The summed E-state index contributed by atoms with van der Waals surface area (Å²) < 4.78 is 38.5. The molecule has 3 fully saturated rings. The van der Waals surface area contributed by atoms with Crippen LogP contribution < -0.4 is 10.2 Å². The topological polar surface area (TPSA) is 45.2 Å². The van der Waals surface area contributed by atoms with Crippen LogP contribution in [0.25, 0.3) is 0 Å². The molecule has 158 valence electrons. The number of pyridine rings is 1. The van der Waals surface area contributed by atoms with Crippen LogP contribution >= 0.6 is 0 Å². The van der Waals surface area contributed by atoms with Gasteiger partial charge in [-0.3, -0.25) is 4.79 Å². The number of aromatic nitrogens is 1. The van der Waals surface area contributed by atoms with E-state index in [1.54, 1.807) is 0 Å². The molecule has 5 rings (SSSR count). The molecule has 1 spiro atoms. The number of hydrogen-bond acceptors (Lipinski definition) is 3. The Morgan fingerprint density at radius 1 is 1.13 bits per heavy atom.